The Morgan fingerprint density at radius 3 is 2.50 bits per heavy atom. The topological polar surface area (TPSA) is 46.2 Å². The minimum absolute atomic E-state index is 0.388. The molecule has 0 saturated heterocycles. The molecule has 0 rings (SSSR count). The van der Waals surface area contributed by atoms with Crippen LogP contribution in [0.5, 0.6) is 0 Å². The van der Waals surface area contributed by atoms with E-state index in [1.165, 1.54) is 6.26 Å². The van der Waals surface area contributed by atoms with Crippen molar-refractivity contribution in [2.45, 2.75) is 26.7 Å². The lowest BCUT2D eigenvalue weighted by atomic mass is 10.3. The second kappa shape index (κ2) is 5.19. The molecule has 0 unspecified atom stereocenters. The molecule has 4 heteroatoms. The maximum Gasteiger partial charge on any atom is 0.172 e. The van der Waals surface area contributed by atoms with E-state index in [1.807, 2.05) is 0 Å². The molecular formula is C8H17NO2S. The number of sulfone groups is 1. The molecule has 3 nitrogen and oxygen atoms in total. The summed E-state index contributed by atoms with van der Waals surface area (Å²) in [5.41, 5.74) is 0. The highest BCUT2D eigenvalue weighted by Crippen LogP contribution is 1.99. The van der Waals surface area contributed by atoms with Gasteiger partial charge in [-0.1, -0.05) is 13.3 Å². The minimum atomic E-state index is -2.99. The van der Waals surface area contributed by atoms with Gasteiger partial charge in [0.25, 0.3) is 0 Å². The highest BCUT2D eigenvalue weighted by atomic mass is 32.2. The average Bonchev–Trinajstić information content (AvgIpc) is 1.96. The van der Waals surface area contributed by atoms with E-state index in [0.29, 0.717) is 4.91 Å². The zero-order valence-electron chi connectivity index (χ0n) is 7.92. The molecule has 12 heavy (non-hydrogen) atoms. The summed E-state index contributed by atoms with van der Waals surface area (Å²) in [6, 6.07) is 0. The molecule has 0 fully saturated rings. The summed E-state index contributed by atoms with van der Waals surface area (Å²) in [6.07, 6.45) is 4.94. The van der Waals surface area contributed by atoms with E-state index in [9.17, 15) is 8.42 Å². The summed E-state index contributed by atoms with van der Waals surface area (Å²) in [5.74, 6) is 0. The van der Waals surface area contributed by atoms with Crippen LogP contribution in [0, 0.1) is 0 Å². The molecule has 0 amide bonds. The third-order valence-electron chi connectivity index (χ3n) is 1.56. The maximum atomic E-state index is 10.9. The van der Waals surface area contributed by atoms with Gasteiger partial charge < -0.3 is 5.32 Å². The molecule has 0 aromatic rings. The second-order valence-corrected chi connectivity index (χ2v) is 5.02. The Hall–Kier alpha value is -0.510. The van der Waals surface area contributed by atoms with E-state index in [0.717, 1.165) is 19.4 Å². The molecule has 0 aliphatic rings. The highest BCUT2D eigenvalue weighted by Gasteiger charge is 2.02. The Morgan fingerprint density at radius 1 is 1.50 bits per heavy atom. The van der Waals surface area contributed by atoms with E-state index >= 15 is 0 Å². The molecule has 0 heterocycles. The summed E-state index contributed by atoms with van der Waals surface area (Å²) in [6.45, 7) is 4.52. The standard InChI is InChI=1S/C8H17NO2S/c1-4-5-6-9-7-8(2)12(3,10)11/h7,9H,4-6H2,1-3H3/b8-7+. The molecule has 0 saturated carbocycles. The Kier molecular flexibility index (Phi) is 4.97. The van der Waals surface area contributed by atoms with Gasteiger partial charge in [0, 0.05) is 19.0 Å². The van der Waals surface area contributed by atoms with Gasteiger partial charge in [0.05, 0.1) is 4.91 Å². The predicted molar refractivity (Wildman–Crippen MR) is 51.5 cm³/mol. The van der Waals surface area contributed by atoms with E-state index in [-0.39, 0.29) is 0 Å². The molecule has 0 aromatic carbocycles. The first-order valence-corrected chi connectivity index (χ1v) is 5.98. The van der Waals surface area contributed by atoms with Gasteiger partial charge in [0.2, 0.25) is 0 Å². The number of hydrogen-bond donors (Lipinski definition) is 1. The van der Waals surface area contributed by atoms with Crippen LogP contribution in [0.25, 0.3) is 0 Å². The first kappa shape index (κ1) is 11.5. The van der Waals surface area contributed by atoms with E-state index in [2.05, 4.69) is 12.2 Å². The number of rotatable bonds is 5. The molecule has 0 aliphatic heterocycles. The van der Waals surface area contributed by atoms with Crippen molar-refractivity contribution in [3.63, 3.8) is 0 Å². The molecule has 0 aliphatic carbocycles. The van der Waals surface area contributed by atoms with Crippen molar-refractivity contribution in [3.8, 4) is 0 Å². The Morgan fingerprint density at radius 2 is 2.08 bits per heavy atom. The molecule has 0 bridgehead atoms. The number of nitrogens with one attached hydrogen (secondary N) is 1. The second-order valence-electron chi connectivity index (χ2n) is 2.83. The van der Waals surface area contributed by atoms with Crippen molar-refractivity contribution >= 4 is 9.84 Å². The fourth-order valence-corrected chi connectivity index (χ4v) is 0.899. The van der Waals surface area contributed by atoms with Crippen molar-refractivity contribution in [1.29, 1.82) is 0 Å². The summed E-state index contributed by atoms with van der Waals surface area (Å²) in [4.78, 5) is 0.388. The lowest BCUT2D eigenvalue weighted by Crippen LogP contribution is -2.09. The van der Waals surface area contributed by atoms with Gasteiger partial charge >= 0.3 is 0 Å². The van der Waals surface area contributed by atoms with Crippen LogP contribution >= 0.6 is 0 Å². The number of allylic oxidation sites excluding steroid dienone is 1. The molecule has 1 N–H and O–H groups in total. The van der Waals surface area contributed by atoms with Gasteiger partial charge in [-0.2, -0.15) is 0 Å². The zero-order chi connectivity index (χ0) is 9.61. The van der Waals surface area contributed by atoms with Gasteiger partial charge in [-0.15, -0.1) is 0 Å². The lowest BCUT2D eigenvalue weighted by Gasteiger charge is -2.00. The normalized spacial score (nSPS) is 13.1. The first-order chi connectivity index (χ1) is 5.48. The van der Waals surface area contributed by atoms with Crippen molar-refractivity contribution in [1.82, 2.24) is 5.32 Å². The van der Waals surface area contributed by atoms with Crippen LogP contribution in [-0.2, 0) is 9.84 Å². The fraction of sp³-hybridized carbons (Fsp3) is 0.750. The quantitative estimate of drug-likeness (QED) is 0.666. The third kappa shape index (κ3) is 5.18. The molecule has 0 radical (unpaired) electrons. The maximum absolute atomic E-state index is 10.9. The van der Waals surface area contributed by atoms with Gasteiger partial charge in [0.15, 0.2) is 9.84 Å². The highest BCUT2D eigenvalue weighted by molar-refractivity contribution is 7.94. The molecular weight excluding hydrogens is 174 g/mol. The van der Waals surface area contributed by atoms with Crippen LogP contribution in [0.4, 0.5) is 0 Å². The summed E-state index contributed by atoms with van der Waals surface area (Å²) >= 11 is 0. The molecule has 0 atom stereocenters. The number of hydrogen-bond acceptors (Lipinski definition) is 3. The molecule has 0 spiro atoms. The summed E-state index contributed by atoms with van der Waals surface area (Å²) in [5, 5.41) is 2.95. The molecule has 72 valence electrons. The Balaban J connectivity index is 3.87. The van der Waals surface area contributed by atoms with Crippen LogP contribution < -0.4 is 5.32 Å². The van der Waals surface area contributed by atoms with Crippen LogP contribution in [0.3, 0.4) is 0 Å². The van der Waals surface area contributed by atoms with Crippen molar-refractivity contribution in [3.05, 3.63) is 11.1 Å². The summed E-state index contributed by atoms with van der Waals surface area (Å²) < 4.78 is 21.8. The van der Waals surface area contributed by atoms with Crippen LogP contribution in [0.15, 0.2) is 11.1 Å². The smallest absolute Gasteiger partial charge is 0.172 e. The minimum Gasteiger partial charge on any atom is -0.390 e. The first-order valence-electron chi connectivity index (χ1n) is 4.08. The third-order valence-corrected chi connectivity index (χ3v) is 2.85. The van der Waals surface area contributed by atoms with Crippen LogP contribution in [-0.4, -0.2) is 21.2 Å². The number of unbranched alkanes of at least 4 members (excludes halogenated alkanes) is 1. The Bertz CT molecular complexity index is 242. The van der Waals surface area contributed by atoms with Crippen molar-refractivity contribution < 1.29 is 8.42 Å². The van der Waals surface area contributed by atoms with Gasteiger partial charge in [-0.25, -0.2) is 8.42 Å². The monoisotopic (exact) mass is 191 g/mol. The largest absolute Gasteiger partial charge is 0.390 e. The van der Waals surface area contributed by atoms with Crippen LogP contribution in [0.1, 0.15) is 26.7 Å². The van der Waals surface area contributed by atoms with Crippen molar-refractivity contribution in [2.24, 2.45) is 0 Å². The van der Waals surface area contributed by atoms with E-state index in [1.54, 1.807) is 13.1 Å². The van der Waals surface area contributed by atoms with Gasteiger partial charge in [-0.05, 0) is 13.3 Å². The SMILES string of the molecule is CCCCN/C=C(\C)S(C)(=O)=O. The average molecular weight is 191 g/mol. The van der Waals surface area contributed by atoms with Crippen LogP contribution in [0.2, 0.25) is 0 Å². The zero-order valence-corrected chi connectivity index (χ0v) is 8.74. The van der Waals surface area contributed by atoms with Gasteiger partial charge in [-0.3, -0.25) is 0 Å². The Labute approximate surface area is 74.8 Å². The van der Waals surface area contributed by atoms with E-state index in [4.69, 9.17) is 0 Å². The lowest BCUT2D eigenvalue weighted by molar-refractivity contribution is 0.607. The molecule has 0 aromatic heterocycles. The predicted octanol–water partition coefficient (Wildman–Crippen LogP) is 1.28. The van der Waals surface area contributed by atoms with Gasteiger partial charge in [0.1, 0.15) is 0 Å². The summed E-state index contributed by atoms with van der Waals surface area (Å²) in [7, 11) is -2.99. The fourth-order valence-electron chi connectivity index (χ4n) is 0.602. The van der Waals surface area contributed by atoms with Crippen molar-refractivity contribution in [2.75, 3.05) is 12.8 Å². The van der Waals surface area contributed by atoms with E-state index < -0.39 is 9.84 Å².